The Bertz CT molecular complexity index is 628. The van der Waals surface area contributed by atoms with Crippen molar-refractivity contribution >= 4 is 17.5 Å². The van der Waals surface area contributed by atoms with Gasteiger partial charge < -0.3 is 20.9 Å². The van der Waals surface area contributed by atoms with Crippen molar-refractivity contribution in [3.8, 4) is 0 Å². The molecule has 0 aromatic heterocycles. The third-order valence-electron chi connectivity index (χ3n) is 4.35. The van der Waals surface area contributed by atoms with Gasteiger partial charge in [0.1, 0.15) is 0 Å². The smallest absolute Gasteiger partial charge is 0.243 e. The zero-order valence-corrected chi connectivity index (χ0v) is 15.1. The Kier molecular flexibility index (Phi) is 7.01. The van der Waals surface area contributed by atoms with Crippen LogP contribution in [0.3, 0.4) is 0 Å². The van der Waals surface area contributed by atoms with E-state index in [-0.39, 0.29) is 17.7 Å². The molecule has 2 rings (SSSR count). The number of benzene rings is 1. The second kappa shape index (κ2) is 9.22. The van der Waals surface area contributed by atoms with Gasteiger partial charge in [0.05, 0.1) is 5.92 Å². The maximum Gasteiger partial charge on any atom is 0.243 e. The molecule has 1 aliphatic rings. The molecule has 1 unspecified atom stereocenters. The van der Waals surface area contributed by atoms with Crippen LogP contribution in [0.15, 0.2) is 36.4 Å². The highest BCUT2D eigenvalue weighted by molar-refractivity contribution is 5.87. The number of primary amides is 1. The molecule has 0 saturated carbocycles. The highest BCUT2D eigenvalue weighted by Gasteiger charge is 2.25. The van der Waals surface area contributed by atoms with Gasteiger partial charge in [-0.3, -0.25) is 9.59 Å². The Morgan fingerprint density at radius 1 is 1.36 bits per heavy atom. The normalized spacial score (nSPS) is 17.9. The first-order valence-electron chi connectivity index (χ1n) is 8.68. The second-order valence-corrected chi connectivity index (χ2v) is 6.70. The lowest BCUT2D eigenvalue weighted by Crippen LogP contribution is -2.41. The van der Waals surface area contributed by atoms with E-state index >= 15 is 0 Å². The van der Waals surface area contributed by atoms with Crippen LogP contribution in [0.5, 0.6) is 0 Å². The quantitative estimate of drug-likeness (QED) is 0.727. The first-order valence-corrected chi connectivity index (χ1v) is 8.68. The molecule has 0 radical (unpaired) electrons. The van der Waals surface area contributed by atoms with Crippen LogP contribution in [0, 0.1) is 5.92 Å². The summed E-state index contributed by atoms with van der Waals surface area (Å²) in [4.78, 5) is 27.6. The Morgan fingerprint density at radius 2 is 2.12 bits per heavy atom. The Labute approximate surface area is 149 Å². The van der Waals surface area contributed by atoms with Crippen LogP contribution < -0.4 is 16.0 Å². The summed E-state index contributed by atoms with van der Waals surface area (Å²) in [6, 6.07) is 7.98. The number of piperidine rings is 1. The fourth-order valence-corrected chi connectivity index (χ4v) is 3.01. The van der Waals surface area contributed by atoms with E-state index in [0.717, 1.165) is 37.2 Å². The standard InChI is InChI=1S/C19H28N4O2/c1-22(2)11-6-10-18(24)21-13-15-7-3-4-9-17(15)23-12-5-8-16(14-23)19(20)25/h3-4,6-7,9-10,16H,5,8,11-14H2,1-2H3,(H2,20,25)(H,21,24)/b10-6+. The number of amides is 2. The number of nitrogens with one attached hydrogen (secondary N) is 1. The van der Waals surface area contributed by atoms with Crippen molar-refractivity contribution in [3.63, 3.8) is 0 Å². The second-order valence-electron chi connectivity index (χ2n) is 6.70. The summed E-state index contributed by atoms with van der Waals surface area (Å²) < 4.78 is 0. The van der Waals surface area contributed by atoms with E-state index < -0.39 is 0 Å². The molecule has 136 valence electrons. The fraction of sp³-hybridized carbons (Fsp3) is 0.474. The molecule has 1 aromatic carbocycles. The molecule has 1 atom stereocenters. The molecule has 0 spiro atoms. The average Bonchev–Trinajstić information content (AvgIpc) is 2.60. The number of carbonyl (C=O) groups is 2. The van der Waals surface area contributed by atoms with Crippen molar-refractivity contribution in [2.75, 3.05) is 38.6 Å². The lowest BCUT2D eigenvalue weighted by molar-refractivity contribution is -0.122. The van der Waals surface area contributed by atoms with Gasteiger partial charge in [0.15, 0.2) is 0 Å². The SMILES string of the molecule is CN(C)C/C=C/C(=O)NCc1ccccc1N1CCCC(C(N)=O)C1. The number of carbonyl (C=O) groups excluding carboxylic acids is 2. The Balaban J connectivity index is 1.99. The Morgan fingerprint density at radius 3 is 2.84 bits per heavy atom. The van der Waals surface area contributed by atoms with Crippen molar-refractivity contribution in [3.05, 3.63) is 42.0 Å². The minimum atomic E-state index is -0.235. The summed E-state index contributed by atoms with van der Waals surface area (Å²) in [6.45, 7) is 2.73. The first kappa shape index (κ1) is 19.0. The van der Waals surface area contributed by atoms with E-state index in [1.165, 1.54) is 0 Å². The zero-order chi connectivity index (χ0) is 18.2. The molecule has 25 heavy (non-hydrogen) atoms. The largest absolute Gasteiger partial charge is 0.370 e. The molecule has 0 aliphatic carbocycles. The maximum atomic E-state index is 11.9. The fourth-order valence-electron chi connectivity index (χ4n) is 3.01. The summed E-state index contributed by atoms with van der Waals surface area (Å²) in [6.07, 6.45) is 5.19. The van der Waals surface area contributed by atoms with Gasteiger partial charge in [-0.05, 0) is 38.6 Å². The molecule has 1 aromatic rings. The third-order valence-corrected chi connectivity index (χ3v) is 4.35. The minimum Gasteiger partial charge on any atom is -0.370 e. The van der Waals surface area contributed by atoms with Crippen LogP contribution in [-0.2, 0) is 16.1 Å². The van der Waals surface area contributed by atoms with Crippen LogP contribution in [0.1, 0.15) is 18.4 Å². The number of nitrogens with two attached hydrogens (primary N) is 1. The van der Waals surface area contributed by atoms with E-state index in [0.29, 0.717) is 13.1 Å². The molecule has 1 fully saturated rings. The van der Waals surface area contributed by atoms with Crippen LogP contribution in [0.25, 0.3) is 0 Å². The van der Waals surface area contributed by atoms with E-state index in [1.54, 1.807) is 6.08 Å². The Hall–Kier alpha value is -2.34. The number of hydrogen-bond acceptors (Lipinski definition) is 4. The molecule has 3 N–H and O–H groups in total. The first-order chi connectivity index (χ1) is 12.0. The molecule has 1 saturated heterocycles. The minimum absolute atomic E-state index is 0.106. The van der Waals surface area contributed by atoms with Gasteiger partial charge in [-0.15, -0.1) is 0 Å². The lowest BCUT2D eigenvalue weighted by atomic mass is 9.96. The maximum absolute atomic E-state index is 11.9. The molecule has 1 aliphatic heterocycles. The molecular formula is C19H28N4O2. The summed E-state index contributed by atoms with van der Waals surface area (Å²) in [5.41, 5.74) is 7.58. The van der Waals surface area contributed by atoms with Gasteiger partial charge in [0.25, 0.3) is 0 Å². The molecule has 2 amide bonds. The number of para-hydroxylation sites is 1. The molecule has 1 heterocycles. The van der Waals surface area contributed by atoms with Crippen molar-refractivity contribution in [1.82, 2.24) is 10.2 Å². The number of rotatable bonds is 7. The van der Waals surface area contributed by atoms with Crippen LogP contribution in [0.2, 0.25) is 0 Å². The van der Waals surface area contributed by atoms with Gasteiger partial charge in [-0.25, -0.2) is 0 Å². The average molecular weight is 344 g/mol. The van der Waals surface area contributed by atoms with Crippen molar-refractivity contribution in [2.24, 2.45) is 11.7 Å². The van der Waals surface area contributed by atoms with Gasteiger partial charge in [-0.1, -0.05) is 24.3 Å². The molecule has 6 heteroatoms. The predicted molar refractivity (Wildman–Crippen MR) is 100 cm³/mol. The van der Waals surface area contributed by atoms with Crippen molar-refractivity contribution in [1.29, 1.82) is 0 Å². The van der Waals surface area contributed by atoms with E-state index in [9.17, 15) is 9.59 Å². The summed E-state index contributed by atoms with van der Waals surface area (Å²) >= 11 is 0. The zero-order valence-electron chi connectivity index (χ0n) is 15.1. The molecule has 0 bridgehead atoms. The third kappa shape index (κ3) is 5.90. The van der Waals surface area contributed by atoms with E-state index in [1.807, 2.05) is 49.3 Å². The highest BCUT2D eigenvalue weighted by Crippen LogP contribution is 2.26. The lowest BCUT2D eigenvalue weighted by Gasteiger charge is -2.34. The highest BCUT2D eigenvalue weighted by atomic mass is 16.1. The van der Waals surface area contributed by atoms with Crippen LogP contribution in [-0.4, -0.2) is 50.4 Å². The monoisotopic (exact) mass is 344 g/mol. The molecule has 6 nitrogen and oxygen atoms in total. The van der Waals surface area contributed by atoms with Crippen LogP contribution in [0.4, 0.5) is 5.69 Å². The number of anilines is 1. The number of hydrogen-bond donors (Lipinski definition) is 2. The van der Waals surface area contributed by atoms with Gasteiger partial charge in [0, 0.05) is 37.9 Å². The van der Waals surface area contributed by atoms with E-state index in [4.69, 9.17) is 5.73 Å². The molecular weight excluding hydrogens is 316 g/mol. The van der Waals surface area contributed by atoms with Crippen LogP contribution >= 0.6 is 0 Å². The predicted octanol–water partition coefficient (Wildman–Crippen LogP) is 1.12. The van der Waals surface area contributed by atoms with E-state index in [2.05, 4.69) is 10.2 Å². The number of nitrogens with zero attached hydrogens (tertiary/aromatic N) is 2. The summed E-state index contributed by atoms with van der Waals surface area (Å²) in [5, 5.41) is 2.92. The van der Waals surface area contributed by atoms with Crippen molar-refractivity contribution in [2.45, 2.75) is 19.4 Å². The topological polar surface area (TPSA) is 78.7 Å². The number of likely N-dealkylation sites (N-methyl/N-ethyl adjacent to an activating group) is 1. The summed E-state index contributed by atoms with van der Waals surface area (Å²) in [7, 11) is 3.91. The van der Waals surface area contributed by atoms with Gasteiger partial charge in [0.2, 0.25) is 11.8 Å². The summed E-state index contributed by atoms with van der Waals surface area (Å²) in [5.74, 6) is -0.447. The van der Waals surface area contributed by atoms with Gasteiger partial charge in [-0.2, -0.15) is 0 Å². The van der Waals surface area contributed by atoms with Gasteiger partial charge >= 0.3 is 0 Å². The van der Waals surface area contributed by atoms with Crippen molar-refractivity contribution < 1.29 is 9.59 Å².